The second-order valence-electron chi connectivity index (χ2n) is 4.82. The van der Waals surface area contributed by atoms with E-state index >= 15 is 0 Å². The van der Waals surface area contributed by atoms with E-state index in [1.54, 1.807) is 0 Å². The lowest BCUT2D eigenvalue weighted by Gasteiger charge is -2.23. The Bertz CT molecular complexity index is 442. The van der Waals surface area contributed by atoms with Gasteiger partial charge in [-0.05, 0) is 29.7 Å². The van der Waals surface area contributed by atoms with Gasteiger partial charge in [0.25, 0.3) is 0 Å². The van der Waals surface area contributed by atoms with Crippen LogP contribution in [0.5, 0.6) is 5.75 Å². The van der Waals surface area contributed by atoms with E-state index < -0.39 is 0 Å². The molecule has 1 aliphatic heterocycles. The summed E-state index contributed by atoms with van der Waals surface area (Å²) in [5.41, 5.74) is 2.22. The van der Waals surface area contributed by atoms with Crippen LogP contribution < -0.4 is 4.74 Å². The number of hydrogen-bond donors (Lipinski definition) is 0. The first-order valence-corrected chi connectivity index (χ1v) is 6.63. The van der Waals surface area contributed by atoms with Crippen LogP contribution in [-0.4, -0.2) is 12.5 Å². The average molecular weight is 271 g/mol. The molecular formula is C14H16Cl2O. The van der Waals surface area contributed by atoms with Crippen molar-refractivity contribution in [1.29, 1.82) is 0 Å². The smallest absolute Gasteiger partial charge is 0.125 e. The Morgan fingerprint density at radius 3 is 2.94 bits per heavy atom. The van der Waals surface area contributed by atoms with Gasteiger partial charge in [-0.1, -0.05) is 24.6 Å². The predicted molar refractivity (Wildman–Crippen MR) is 73.4 cm³/mol. The topological polar surface area (TPSA) is 9.23 Å². The summed E-state index contributed by atoms with van der Waals surface area (Å²) in [6, 6.07) is 3.96. The molecule has 3 heteroatoms. The van der Waals surface area contributed by atoms with E-state index in [9.17, 15) is 0 Å². The van der Waals surface area contributed by atoms with Crippen LogP contribution in [0.25, 0.3) is 0 Å². The number of rotatable bonds is 4. The standard InChI is InChI=1S/C14H16Cl2O/c1-3-14(2,9-15)8-11-7-12(16)6-10-4-5-17-13(10)11/h3,6-7H,1,4-5,8-9H2,2H3. The Morgan fingerprint density at radius 1 is 1.53 bits per heavy atom. The average Bonchev–Trinajstić information content (AvgIpc) is 2.77. The molecule has 1 unspecified atom stereocenters. The molecule has 0 aromatic heterocycles. The van der Waals surface area contributed by atoms with Crippen molar-refractivity contribution < 1.29 is 4.74 Å². The Kier molecular flexibility index (Phi) is 3.70. The molecule has 1 aliphatic rings. The highest BCUT2D eigenvalue weighted by atomic mass is 35.5. The number of allylic oxidation sites excluding steroid dienone is 1. The van der Waals surface area contributed by atoms with E-state index in [-0.39, 0.29) is 5.41 Å². The SMILES string of the molecule is C=CC(C)(CCl)Cc1cc(Cl)cc2c1OCC2. The zero-order chi connectivity index (χ0) is 12.5. The summed E-state index contributed by atoms with van der Waals surface area (Å²) < 4.78 is 5.68. The van der Waals surface area contributed by atoms with Gasteiger partial charge in [0.2, 0.25) is 0 Å². The number of fused-ring (bicyclic) bond motifs is 1. The maximum atomic E-state index is 6.13. The van der Waals surface area contributed by atoms with Gasteiger partial charge in [-0.2, -0.15) is 0 Å². The molecule has 1 nitrogen and oxygen atoms in total. The highest BCUT2D eigenvalue weighted by molar-refractivity contribution is 6.30. The van der Waals surface area contributed by atoms with Gasteiger partial charge < -0.3 is 4.74 Å². The molecule has 0 aliphatic carbocycles. The van der Waals surface area contributed by atoms with Gasteiger partial charge >= 0.3 is 0 Å². The molecule has 92 valence electrons. The number of hydrogen-bond acceptors (Lipinski definition) is 1. The van der Waals surface area contributed by atoms with E-state index in [0.29, 0.717) is 5.88 Å². The summed E-state index contributed by atoms with van der Waals surface area (Å²) in [5, 5.41) is 0.769. The Labute approximate surface area is 112 Å². The lowest BCUT2D eigenvalue weighted by Crippen LogP contribution is -2.18. The minimum Gasteiger partial charge on any atom is -0.493 e. The Hall–Kier alpha value is -0.660. The molecule has 0 radical (unpaired) electrons. The van der Waals surface area contributed by atoms with Crippen LogP contribution >= 0.6 is 23.2 Å². The molecule has 0 spiro atoms. The molecule has 2 rings (SSSR count). The summed E-state index contributed by atoms with van der Waals surface area (Å²) in [4.78, 5) is 0. The molecule has 0 saturated heterocycles. The fourth-order valence-electron chi connectivity index (χ4n) is 2.09. The molecule has 0 N–H and O–H groups in total. The van der Waals surface area contributed by atoms with E-state index in [0.717, 1.165) is 35.8 Å². The van der Waals surface area contributed by atoms with Crippen molar-refractivity contribution in [2.24, 2.45) is 5.41 Å². The maximum Gasteiger partial charge on any atom is 0.125 e. The molecular weight excluding hydrogens is 255 g/mol. The van der Waals surface area contributed by atoms with Gasteiger partial charge in [0.15, 0.2) is 0 Å². The van der Waals surface area contributed by atoms with E-state index in [1.807, 2.05) is 18.2 Å². The van der Waals surface area contributed by atoms with Crippen LogP contribution in [0.1, 0.15) is 18.1 Å². The minimum absolute atomic E-state index is 0.119. The lowest BCUT2D eigenvalue weighted by molar-refractivity contribution is 0.349. The monoisotopic (exact) mass is 270 g/mol. The molecule has 0 fully saturated rings. The van der Waals surface area contributed by atoms with Gasteiger partial charge in [0.05, 0.1) is 6.61 Å². The van der Waals surface area contributed by atoms with Crippen molar-refractivity contribution in [2.75, 3.05) is 12.5 Å². The summed E-state index contributed by atoms with van der Waals surface area (Å²) in [6.45, 7) is 6.69. The molecule has 0 bridgehead atoms. The highest BCUT2D eigenvalue weighted by Gasteiger charge is 2.25. The van der Waals surface area contributed by atoms with Crippen LogP contribution in [0.3, 0.4) is 0 Å². The summed E-state index contributed by atoms with van der Waals surface area (Å²) >= 11 is 12.1. The van der Waals surface area contributed by atoms with Crippen LogP contribution in [0, 0.1) is 5.41 Å². The molecule has 0 amide bonds. The van der Waals surface area contributed by atoms with Crippen molar-refractivity contribution in [2.45, 2.75) is 19.8 Å². The van der Waals surface area contributed by atoms with Crippen molar-refractivity contribution in [1.82, 2.24) is 0 Å². The van der Waals surface area contributed by atoms with Crippen LogP contribution in [0.2, 0.25) is 5.02 Å². The number of alkyl halides is 1. The third kappa shape index (κ3) is 2.61. The largest absolute Gasteiger partial charge is 0.493 e. The lowest BCUT2D eigenvalue weighted by atomic mass is 9.85. The summed E-state index contributed by atoms with van der Waals surface area (Å²) in [6.07, 6.45) is 3.65. The van der Waals surface area contributed by atoms with Crippen molar-refractivity contribution >= 4 is 23.2 Å². The predicted octanol–water partition coefficient (Wildman–Crippen LogP) is 4.25. The highest BCUT2D eigenvalue weighted by Crippen LogP contribution is 2.37. The number of benzene rings is 1. The minimum atomic E-state index is -0.119. The zero-order valence-electron chi connectivity index (χ0n) is 9.93. The van der Waals surface area contributed by atoms with E-state index in [4.69, 9.17) is 27.9 Å². The second-order valence-corrected chi connectivity index (χ2v) is 5.52. The van der Waals surface area contributed by atoms with E-state index in [1.165, 1.54) is 5.56 Å². The van der Waals surface area contributed by atoms with Gasteiger partial charge in [-0.15, -0.1) is 18.2 Å². The van der Waals surface area contributed by atoms with Crippen molar-refractivity contribution in [3.63, 3.8) is 0 Å². The molecule has 1 atom stereocenters. The fraction of sp³-hybridized carbons (Fsp3) is 0.429. The molecule has 1 aromatic carbocycles. The Balaban J connectivity index is 2.36. The first-order chi connectivity index (χ1) is 8.08. The second kappa shape index (κ2) is 4.91. The first kappa shape index (κ1) is 12.8. The maximum absolute atomic E-state index is 6.13. The third-order valence-corrected chi connectivity index (χ3v) is 4.05. The van der Waals surface area contributed by atoms with Crippen molar-refractivity contribution in [3.8, 4) is 5.75 Å². The number of ether oxygens (including phenoxy) is 1. The van der Waals surface area contributed by atoms with Crippen LogP contribution in [-0.2, 0) is 12.8 Å². The quantitative estimate of drug-likeness (QED) is 0.587. The van der Waals surface area contributed by atoms with Crippen LogP contribution in [0.15, 0.2) is 24.8 Å². The van der Waals surface area contributed by atoms with Crippen LogP contribution in [0.4, 0.5) is 0 Å². The molecule has 1 aromatic rings. The third-order valence-electron chi connectivity index (χ3n) is 3.22. The fourth-order valence-corrected chi connectivity index (χ4v) is 2.55. The zero-order valence-corrected chi connectivity index (χ0v) is 11.4. The summed E-state index contributed by atoms with van der Waals surface area (Å²) in [7, 11) is 0. The molecule has 17 heavy (non-hydrogen) atoms. The van der Waals surface area contributed by atoms with Gasteiger partial charge in [0, 0.05) is 22.7 Å². The molecule has 0 saturated carbocycles. The van der Waals surface area contributed by atoms with E-state index in [2.05, 4.69) is 13.5 Å². The number of halogens is 2. The molecule has 1 heterocycles. The first-order valence-electron chi connectivity index (χ1n) is 5.71. The van der Waals surface area contributed by atoms with Gasteiger partial charge in [0.1, 0.15) is 5.75 Å². The Morgan fingerprint density at radius 2 is 2.29 bits per heavy atom. The summed E-state index contributed by atoms with van der Waals surface area (Å²) in [5.74, 6) is 1.53. The van der Waals surface area contributed by atoms with Gasteiger partial charge in [-0.25, -0.2) is 0 Å². The normalized spacial score (nSPS) is 17.1. The van der Waals surface area contributed by atoms with Gasteiger partial charge in [-0.3, -0.25) is 0 Å². The van der Waals surface area contributed by atoms with Crippen molar-refractivity contribution in [3.05, 3.63) is 40.9 Å².